The van der Waals surface area contributed by atoms with Crippen LogP contribution in [0.1, 0.15) is 17.4 Å². The molecule has 0 saturated heterocycles. The number of ether oxygens (including phenoxy) is 1. The predicted molar refractivity (Wildman–Crippen MR) is 99.5 cm³/mol. The fourth-order valence-corrected chi connectivity index (χ4v) is 2.29. The van der Waals surface area contributed by atoms with Crippen LogP contribution in [0.15, 0.2) is 72.9 Å². The molecular formula is C20H19N3O2. The topological polar surface area (TPSA) is 63.2 Å². The van der Waals surface area contributed by atoms with E-state index in [1.807, 2.05) is 55.5 Å². The highest BCUT2D eigenvalue weighted by Crippen LogP contribution is 2.18. The molecule has 3 rings (SSSR count). The summed E-state index contributed by atoms with van der Waals surface area (Å²) in [7, 11) is 0. The number of nitrogens with one attached hydrogen (secondary N) is 2. The standard InChI is InChI=1S/C20H19N3O2/c1-2-25-18-11-8-16(9-12-18)23-20(24)19-13-10-17(14-21-19)22-15-6-4-3-5-7-15/h3-14,22H,2H2,1H3,(H,23,24). The Morgan fingerprint density at radius 2 is 1.64 bits per heavy atom. The van der Waals surface area contributed by atoms with Gasteiger partial charge in [-0.05, 0) is 55.5 Å². The van der Waals surface area contributed by atoms with E-state index >= 15 is 0 Å². The number of carbonyl (C=O) groups excluding carboxylic acids is 1. The van der Waals surface area contributed by atoms with Crippen LogP contribution in [0.5, 0.6) is 5.75 Å². The van der Waals surface area contributed by atoms with E-state index in [2.05, 4.69) is 15.6 Å². The summed E-state index contributed by atoms with van der Waals surface area (Å²) in [5, 5.41) is 6.05. The van der Waals surface area contributed by atoms with E-state index in [0.29, 0.717) is 18.0 Å². The summed E-state index contributed by atoms with van der Waals surface area (Å²) >= 11 is 0. The second-order valence-corrected chi connectivity index (χ2v) is 5.33. The van der Waals surface area contributed by atoms with Crippen molar-refractivity contribution in [1.82, 2.24) is 4.98 Å². The predicted octanol–water partition coefficient (Wildman–Crippen LogP) is 4.48. The van der Waals surface area contributed by atoms with Crippen molar-refractivity contribution < 1.29 is 9.53 Å². The summed E-state index contributed by atoms with van der Waals surface area (Å²) in [5.41, 5.74) is 2.84. The zero-order valence-electron chi connectivity index (χ0n) is 13.9. The highest BCUT2D eigenvalue weighted by molar-refractivity contribution is 6.03. The monoisotopic (exact) mass is 333 g/mol. The molecule has 3 aromatic rings. The van der Waals surface area contributed by atoms with Gasteiger partial charge in [-0.1, -0.05) is 18.2 Å². The number of carbonyl (C=O) groups is 1. The van der Waals surface area contributed by atoms with Gasteiger partial charge < -0.3 is 15.4 Å². The number of amides is 1. The third-order valence-electron chi connectivity index (χ3n) is 3.48. The van der Waals surface area contributed by atoms with Crippen molar-refractivity contribution in [3.8, 4) is 5.75 Å². The molecule has 0 aliphatic rings. The fraction of sp³-hybridized carbons (Fsp3) is 0.100. The van der Waals surface area contributed by atoms with Gasteiger partial charge in [0.05, 0.1) is 18.5 Å². The molecule has 0 radical (unpaired) electrons. The molecule has 0 unspecified atom stereocenters. The summed E-state index contributed by atoms with van der Waals surface area (Å²) in [6.07, 6.45) is 1.64. The third kappa shape index (κ3) is 4.57. The highest BCUT2D eigenvalue weighted by atomic mass is 16.5. The van der Waals surface area contributed by atoms with Crippen molar-refractivity contribution in [3.63, 3.8) is 0 Å². The SMILES string of the molecule is CCOc1ccc(NC(=O)c2ccc(Nc3ccccc3)cn2)cc1. The molecule has 1 heterocycles. The zero-order valence-corrected chi connectivity index (χ0v) is 13.9. The maximum atomic E-state index is 12.3. The van der Waals surface area contributed by atoms with Crippen LogP contribution in [-0.2, 0) is 0 Å². The Morgan fingerprint density at radius 1 is 0.920 bits per heavy atom. The Kier molecular flexibility index (Phi) is 5.26. The molecule has 0 fully saturated rings. The molecule has 0 aliphatic heterocycles. The molecule has 25 heavy (non-hydrogen) atoms. The summed E-state index contributed by atoms with van der Waals surface area (Å²) in [6, 6.07) is 20.5. The van der Waals surface area contributed by atoms with Crippen molar-refractivity contribution in [1.29, 1.82) is 0 Å². The number of benzene rings is 2. The molecule has 1 aromatic heterocycles. The molecule has 5 heteroatoms. The van der Waals surface area contributed by atoms with Crippen LogP contribution in [0.25, 0.3) is 0 Å². The van der Waals surface area contributed by atoms with Gasteiger partial charge in [-0.15, -0.1) is 0 Å². The minimum atomic E-state index is -0.254. The number of pyridine rings is 1. The number of rotatable bonds is 6. The van der Waals surface area contributed by atoms with Gasteiger partial charge in [0.15, 0.2) is 0 Å². The molecular weight excluding hydrogens is 314 g/mol. The minimum absolute atomic E-state index is 0.254. The lowest BCUT2D eigenvalue weighted by molar-refractivity contribution is 0.102. The molecule has 5 nitrogen and oxygen atoms in total. The van der Waals surface area contributed by atoms with E-state index in [1.54, 1.807) is 24.4 Å². The molecule has 0 atom stereocenters. The van der Waals surface area contributed by atoms with Gasteiger partial charge in [-0.3, -0.25) is 4.79 Å². The summed E-state index contributed by atoms with van der Waals surface area (Å²) < 4.78 is 5.38. The molecule has 2 aromatic carbocycles. The molecule has 1 amide bonds. The van der Waals surface area contributed by atoms with Crippen molar-refractivity contribution in [2.75, 3.05) is 17.2 Å². The molecule has 0 spiro atoms. The third-order valence-corrected chi connectivity index (χ3v) is 3.48. The number of hydrogen-bond donors (Lipinski definition) is 2. The molecule has 2 N–H and O–H groups in total. The van der Waals surface area contributed by atoms with Gasteiger partial charge >= 0.3 is 0 Å². The van der Waals surface area contributed by atoms with Crippen LogP contribution >= 0.6 is 0 Å². The van der Waals surface area contributed by atoms with Gasteiger partial charge in [-0.25, -0.2) is 4.98 Å². The fourth-order valence-electron chi connectivity index (χ4n) is 2.29. The van der Waals surface area contributed by atoms with E-state index in [4.69, 9.17) is 4.74 Å². The first-order valence-electron chi connectivity index (χ1n) is 8.07. The molecule has 0 saturated carbocycles. The van der Waals surface area contributed by atoms with Crippen molar-refractivity contribution >= 4 is 23.0 Å². The maximum Gasteiger partial charge on any atom is 0.274 e. The number of anilines is 3. The smallest absolute Gasteiger partial charge is 0.274 e. The van der Waals surface area contributed by atoms with Crippen LogP contribution in [-0.4, -0.2) is 17.5 Å². The maximum absolute atomic E-state index is 12.3. The zero-order chi connectivity index (χ0) is 17.5. The second kappa shape index (κ2) is 7.97. The van der Waals surface area contributed by atoms with Crippen molar-refractivity contribution in [3.05, 3.63) is 78.6 Å². The Hall–Kier alpha value is -3.34. The Balaban J connectivity index is 1.62. The van der Waals surface area contributed by atoms with Crippen molar-refractivity contribution in [2.45, 2.75) is 6.92 Å². The van der Waals surface area contributed by atoms with Gasteiger partial charge in [0.25, 0.3) is 5.91 Å². The molecule has 126 valence electrons. The van der Waals surface area contributed by atoms with E-state index in [0.717, 1.165) is 17.1 Å². The summed E-state index contributed by atoms with van der Waals surface area (Å²) in [6.45, 7) is 2.54. The van der Waals surface area contributed by atoms with Crippen LogP contribution in [0, 0.1) is 0 Å². The normalized spacial score (nSPS) is 10.1. The lowest BCUT2D eigenvalue weighted by Crippen LogP contribution is -2.13. The van der Waals surface area contributed by atoms with Gasteiger partial charge in [0.2, 0.25) is 0 Å². The average molecular weight is 333 g/mol. The first-order valence-corrected chi connectivity index (χ1v) is 8.07. The summed E-state index contributed by atoms with van der Waals surface area (Å²) in [5.74, 6) is 0.519. The first-order chi connectivity index (χ1) is 12.2. The highest BCUT2D eigenvalue weighted by Gasteiger charge is 2.08. The van der Waals surface area contributed by atoms with Gasteiger partial charge in [-0.2, -0.15) is 0 Å². The largest absolute Gasteiger partial charge is 0.494 e. The van der Waals surface area contributed by atoms with E-state index in [-0.39, 0.29) is 5.91 Å². The Labute approximate surface area is 146 Å². The van der Waals surface area contributed by atoms with Crippen LogP contribution in [0.3, 0.4) is 0 Å². The lowest BCUT2D eigenvalue weighted by Gasteiger charge is -2.08. The lowest BCUT2D eigenvalue weighted by atomic mass is 10.2. The average Bonchev–Trinajstić information content (AvgIpc) is 2.65. The van der Waals surface area contributed by atoms with Gasteiger partial charge in [0.1, 0.15) is 11.4 Å². The molecule has 0 bridgehead atoms. The number of hydrogen-bond acceptors (Lipinski definition) is 4. The Morgan fingerprint density at radius 3 is 2.28 bits per heavy atom. The van der Waals surface area contributed by atoms with Gasteiger partial charge in [0, 0.05) is 11.4 Å². The quantitative estimate of drug-likeness (QED) is 0.698. The van der Waals surface area contributed by atoms with E-state index in [9.17, 15) is 4.79 Å². The van der Waals surface area contributed by atoms with E-state index in [1.165, 1.54) is 0 Å². The van der Waals surface area contributed by atoms with Crippen LogP contribution in [0.2, 0.25) is 0 Å². The van der Waals surface area contributed by atoms with Crippen LogP contribution in [0.4, 0.5) is 17.1 Å². The second-order valence-electron chi connectivity index (χ2n) is 5.33. The number of aromatic nitrogens is 1. The van der Waals surface area contributed by atoms with Crippen molar-refractivity contribution in [2.24, 2.45) is 0 Å². The van der Waals surface area contributed by atoms with E-state index < -0.39 is 0 Å². The van der Waals surface area contributed by atoms with Crippen LogP contribution < -0.4 is 15.4 Å². The number of nitrogens with zero attached hydrogens (tertiary/aromatic N) is 1. The number of para-hydroxylation sites is 1. The summed E-state index contributed by atoms with van der Waals surface area (Å²) in [4.78, 5) is 16.5. The minimum Gasteiger partial charge on any atom is -0.494 e. The Bertz CT molecular complexity index is 816. The molecule has 0 aliphatic carbocycles. The first kappa shape index (κ1) is 16.5.